The highest BCUT2D eigenvalue weighted by atomic mass is 16.5. The Labute approximate surface area is 100 Å². The molecule has 0 aliphatic heterocycles. The van der Waals surface area contributed by atoms with Crippen LogP contribution in [0.25, 0.3) is 10.8 Å². The molecule has 2 aromatic rings. The molecule has 0 saturated heterocycles. The standard InChI is InChI=1S/C14H15NO2/c1-17-14-7-6-11(10-15-8-9-16)12-4-2-3-5-13(12)14/h2-7,10,16H,8-9H2,1H3/b15-10+. The van der Waals surface area contributed by atoms with Crippen molar-refractivity contribution in [2.75, 3.05) is 20.3 Å². The van der Waals surface area contributed by atoms with E-state index in [1.807, 2.05) is 36.4 Å². The maximum absolute atomic E-state index is 8.71. The van der Waals surface area contributed by atoms with Gasteiger partial charge >= 0.3 is 0 Å². The van der Waals surface area contributed by atoms with E-state index in [4.69, 9.17) is 9.84 Å². The van der Waals surface area contributed by atoms with Gasteiger partial charge in [0.2, 0.25) is 0 Å². The van der Waals surface area contributed by atoms with Gasteiger partial charge in [0, 0.05) is 17.2 Å². The van der Waals surface area contributed by atoms with Crippen molar-refractivity contribution < 1.29 is 9.84 Å². The summed E-state index contributed by atoms with van der Waals surface area (Å²) >= 11 is 0. The van der Waals surface area contributed by atoms with Crippen LogP contribution < -0.4 is 4.74 Å². The van der Waals surface area contributed by atoms with Gasteiger partial charge in [0.05, 0.1) is 20.3 Å². The molecule has 0 amide bonds. The van der Waals surface area contributed by atoms with Crippen LogP contribution >= 0.6 is 0 Å². The first-order valence-electron chi connectivity index (χ1n) is 5.53. The van der Waals surface area contributed by atoms with E-state index in [0.29, 0.717) is 6.54 Å². The SMILES string of the molecule is COc1ccc(/C=N/CCO)c2ccccc12. The molecule has 0 unspecified atom stereocenters. The minimum atomic E-state index is 0.0740. The Balaban J connectivity index is 2.51. The molecule has 3 nitrogen and oxygen atoms in total. The lowest BCUT2D eigenvalue weighted by molar-refractivity contribution is 0.307. The van der Waals surface area contributed by atoms with Gasteiger partial charge in [0.25, 0.3) is 0 Å². The molecule has 2 rings (SSSR count). The molecular weight excluding hydrogens is 214 g/mol. The van der Waals surface area contributed by atoms with Crippen LogP contribution in [-0.4, -0.2) is 31.6 Å². The van der Waals surface area contributed by atoms with Crippen molar-refractivity contribution in [2.45, 2.75) is 0 Å². The number of hydrogen-bond donors (Lipinski definition) is 1. The van der Waals surface area contributed by atoms with Crippen molar-refractivity contribution in [3.05, 3.63) is 42.0 Å². The van der Waals surface area contributed by atoms with Crippen molar-refractivity contribution in [3.63, 3.8) is 0 Å². The Morgan fingerprint density at radius 1 is 1.18 bits per heavy atom. The number of hydrogen-bond acceptors (Lipinski definition) is 3. The molecular formula is C14H15NO2. The number of benzene rings is 2. The zero-order valence-electron chi connectivity index (χ0n) is 9.76. The summed E-state index contributed by atoms with van der Waals surface area (Å²) in [6.07, 6.45) is 1.79. The number of methoxy groups -OCH3 is 1. The lowest BCUT2D eigenvalue weighted by atomic mass is 10.0. The average Bonchev–Trinajstić information content (AvgIpc) is 2.39. The van der Waals surface area contributed by atoms with Gasteiger partial charge in [-0.15, -0.1) is 0 Å². The quantitative estimate of drug-likeness (QED) is 0.817. The summed E-state index contributed by atoms with van der Waals surface area (Å²) in [7, 11) is 1.67. The maximum atomic E-state index is 8.71. The van der Waals surface area contributed by atoms with Crippen LogP contribution in [0.4, 0.5) is 0 Å². The fraction of sp³-hybridized carbons (Fsp3) is 0.214. The number of aliphatic hydroxyl groups excluding tert-OH is 1. The highest BCUT2D eigenvalue weighted by molar-refractivity contribution is 6.02. The third kappa shape index (κ3) is 2.45. The summed E-state index contributed by atoms with van der Waals surface area (Å²) in [5, 5.41) is 10.9. The molecule has 3 heteroatoms. The van der Waals surface area contributed by atoms with Crippen molar-refractivity contribution in [1.29, 1.82) is 0 Å². The Kier molecular flexibility index (Phi) is 3.73. The Hall–Kier alpha value is -1.87. The highest BCUT2D eigenvalue weighted by Gasteiger charge is 2.03. The summed E-state index contributed by atoms with van der Waals surface area (Å²) in [5.74, 6) is 0.861. The zero-order valence-corrected chi connectivity index (χ0v) is 9.76. The van der Waals surface area contributed by atoms with Gasteiger partial charge in [-0.3, -0.25) is 4.99 Å². The summed E-state index contributed by atoms with van der Waals surface area (Å²) in [6.45, 7) is 0.505. The third-order valence-corrected chi connectivity index (χ3v) is 2.60. The van der Waals surface area contributed by atoms with E-state index in [1.165, 1.54) is 0 Å². The number of aliphatic imine (C=N–C) groups is 1. The number of aliphatic hydroxyl groups is 1. The van der Waals surface area contributed by atoms with E-state index in [0.717, 1.165) is 22.1 Å². The average molecular weight is 229 g/mol. The van der Waals surface area contributed by atoms with Gasteiger partial charge in [-0.05, 0) is 17.5 Å². The van der Waals surface area contributed by atoms with Crippen molar-refractivity contribution in [3.8, 4) is 5.75 Å². The van der Waals surface area contributed by atoms with Gasteiger partial charge in [0.15, 0.2) is 0 Å². The summed E-state index contributed by atoms with van der Waals surface area (Å²) < 4.78 is 5.32. The normalized spacial score (nSPS) is 11.2. The van der Waals surface area contributed by atoms with Crippen LogP contribution in [-0.2, 0) is 0 Å². The molecule has 0 aliphatic rings. The van der Waals surface area contributed by atoms with Crippen LogP contribution in [0, 0.1) is 0 Å². The monoisotopic (exact) mass is 229 g/mol. The van der Waals surface area contributed by atoms with Gasteiger partial charge in [-0.25, -0.2) is 0 Å². The van der Waals surface area contributed by atoms with Crippen LogP contribution in [0.2, 0.25) is 0 Å². The topological polar surface area (TPSA) is 41.8 Å². The van der Waals surface area contributed by atoms with Gasteiger partial charge in [0.1, 0.15) is 5.75 Å². The van der Waals surface area contributed by atoms with E-state index in [2.05, 4.69) is 4.99 Å². The van der Waals surface area contributed by atoms with Crippen LogP contribution in [0.15, 0.2) is 41.4 Å². The number of fused-ring (bicyclic) bond motifs is 1. The first-order valence-corrected chi connectivity index (χ1v) is 5.53. The smallest absolute Gasteiger partial charge is 0.126 e. The third-order valence-electron chi connectivity index (χ3n) is 2.60. The predicted octanol–water partition coefficient (Wildman–Crippen LogP) is 2.26. The molecule has 0 heterocycles. The highest BCUT2D eigenvalue weighted by Crippen LogP contribution is 2.27. The molecule has 0 spiro atoms. The Morgan fingerprint density at radius 2 is 1.94 bits per heavy atom. The number of ether oxygens (including phenoxy) is 1. The minimum absolute atomic E-state index is 0.0740. The molecule has 0 aromatic heterocycles. The minimum Gasteiger partial charge on any atom is -0.496 e. The van der Waals surface area contributed by atoms with E-state index >= 15 is 0 Å². The second-order valence-electron chi connectivity index (χ2n) is 3.66. The molecule has 2 aromatic carbocycles. The Bertz CT molecular complexity index is 535. The van der Waals surface area contributed by atoms with Gasteiger partial charge in [-0.2, -0.15) is 0 Å². The van der Waals surface area contributed by atoms with Gasteiger partial charge in [-0.1, -0.05) is 24.3 Å². The number of nitrogens with zero attached hydrogens (tertiary/aromatic N) is 1. The van der Waals surface area contributed by atoms with E-state index in [-0.39, 0.29) is 6.61 Å². The molecule has 0 bridgehead atoms. The molecule has 0 atom stereocenters. The van der Waals surface area contributed by atoms with Crippen LogP contribution in [0.3, 0.4) is 0 Å². The fourth-order valence-corrected chi connectivity index (χ4v) is 1.81. The first kappa shape index (κ1) is 11.6. The molecule has 0 saturated carbocycles. The maximum Gasteiger partial charge on any atom is 0.126 e. The second-order valence-corrected chi connectivity index (χ2v) is 3.66. The summed E-state index contributed by atoms with van der Waals surface area (Å²) in [4.78, 5) is 4.15. The van der Waals surface area contributed by atoms with Crippen molar-refractivity contribution >= 4 is 17.0 Å². The lowest BCUT2D eigenvalue weighted by Gasteiger charge is -2.07. The molecule has 0 fully saturated rings. The van der Waals surface area contributed by atoms with Crippen molar-refractivity contribution in [2.24, 2.45) is 4.99 Å². The molecule has 88 valence electrons. The Morgan fingerprint density at radius 3 is 2.65 bits per heavy atom. The molecule has 17 heavy (non-hydrogen) atoms. The van der Waals surface area contributed by atoms with Crippen LogP contribution in [0.1, 0.15) is 5.56 Å². The summed E-state index contributed by atoms with van der Waals surface area (Å²) in [6, 6.07) is 11.9. The predicted molar refractivity (Wildman–Crippen MR) is 70.0 cm³/mol. The molecule has 0 aliphatic carbocycles. The molecule has 0 radical (unpaired) electrons. The second kappa shape index (κ2) is 5.46. The number of rotatable bonds is 4. The van der Waals surface area contributed by atoms with E-state index in [1.54, 1.807) is 13.3 Å². The largest absolute Gasteiger partial charge is 0.496 e. The zero-order chi connectivity index (χ0) is 12.1. The van der Waals surface area contributed by atoms with E-state index in [9.17, 15) is 0 Å². The lowest BCUT2D eigenvalue weighted by Crippen LogP contribution is -1.92. The first-order chi connectivity index (χ1) is 8.36. The van der Waals surface area contributed by atoms with Crippen molar-refractivity contribution in [1.82, 2.24) is 0 Å². The van der Waals surface area contributed by atoms with Gasteiger partial charge < -0.3 is 9.84 Å². The van der Waals surface area contributed by atoms with Crippen LogP contribution in [0.5, 0.6) is 5.75 Å². The van der Waals surface area contributed by atoms with E-state index < -0.39 is 0 Å². The summed E-state index contributed by atoms with van der Waals surface area (Å²) in [5.41, 5.74) is 1.04. The fourth-order valence-electron chi connectivity index (χ4n) is 1.81. The molecule has 1 N–H and O–H groups in total.